The minimum Gasteiger partial charge on any atom is -0.413 e. The van der Waals surface area contributed by atoms with Crippen LogP contribution in [-0.4, -0.2) is 32.2 Å². The van der Waals surface area contributed by atoms with Gasteiger partial charge in [-0.05, 0) is 37.9 Å². The second kappa shape index (κ2) is 5.60. The van der Waals surface area contributed by atoms with Crippen LogP contribution in [0.15, 0.2) is 0 Å². The Bertz CT molecular complexity index is 404. The minimum absolute atomic E-state index is 0.00708. The summed E-state index contributed by atoms with van der Waals surface area (Å²) in [6, 6.07) is -0.371. The summed E-state index contributed by atoms with van der Waals surface area (Å²) in [6.07, 6.45) is -0.211. The van der Waals surface area contributed by atoms with Crippen LogP contribution in [0.2, 0.25) is 18.1 Å². The van der Waals surface area contributed by atoms with E-state index in [1.807, 2.05) is 6.92 Å². The highest BCUT2D eigenvalue weighted by Gasteiger charge is 2.50. The van der Waals surface area contributed by atoms with Crippen LogP contribution in [0.25, 0.3) is 0 Å². The molecule has 1 aliphatic heterocycles. The predicted molar refractivity (Wildman–Crippen MR) is 83.0 cm³/mol. The fraction of sp³-hybridized carbons (Fsp3) is 0.867. The molecule has 0 saturated carbocycles. The summed E-state index contributed by atoms with van der Waals surface area (Å²) in [5, 5.41) is 2.77. The summed E-state index contributed by atoms with van der Waals surface area (Å²) in [7, 11) is -1.99. The van der Waals surface area contributed by atoms with E-state index in [9.17, 15) is 9.59 Å². The Labute approximate surface area is 123 Å². The van der Waals surface area contributed by atoms with Crippen LogP contribution < -0.4 is 5.32 Å². The molecule has 0 bridgehead atoms. The smallest absolute Gasteiger partial charge is 0.228 e. The van der Waals surface area contributed by atoms with Crippen LogP contribution in [0.5, 0.6) is 0 Å². The molecule has 0 aliphatic carbocycles. The van der Waals surface area contributed by atoms with Crippen molar-refractivity contribution >= 4 is 20.0 Å². The molecule has 1 heterocycles. The third-order valence-electron chi connectivity index (χ3n) is 5.38. The number of carbonyl (C=O) groups is 2. The quantitative estimate of drug-likeness (QED) is 0.606. The summed E-state index contributed by atoms with van der Waals surface area (Å²) in [5.74, 6) is 0.120. The Morgan fingerprint density at radius 1 is 1.30 bits per heavy atom. The van der Waals surface area contributed by atoms with Gasteiger partial charge in [0.05, 0.1) is 12.0 Å². The SMILES string of the molecule is CC(=O)[C@H]1NC(=O)[C@@H]1[C@@H](C)O[Si](C)(C)C(C)(C)C(C)C. The molecule has 4 nitrogen and oxygen atoms in total. The number of hydrogen-bond donors (Lipinski definition) is 1. The van der Waals surface area contributed by atoms with Crippen molar-refractivity contribution in [2.24, 2.45) is 11.8 Å². The lowest BCUT2D eigenvalue weighted by Crippen LogP contribution is -2.66. The van der Waals surface area contributed by atoms with Gasteiger partial charge >= 0.3 is 0 Å². The molecular formula is C15H29NO3Si. The van der Waals surface area contributed by atoms with Crippen molar-refractivity contribution in [3.63, 3.8) is 0 Å². The second-order valence-electron chi connectivity index (χ2n) is 7.33. The van der Waals surface area contributed by atoms with Gasteiger partial charge in [0.1, 0.15) is 6.04 Å². The Kier molecular flexibility index (Phi) is 4.86. The molecule has 1 saturated heterocycles. The maximum atomic E-state index is 11.7. The lowest BCUT2D eigenvalue weighted by molar-refractivity contribution is -0.146. The first kappa shape index (κ1) is 17.4. The van der Waals surface area contributed by atoms with Crippen molar-refractivity contribution in [1.82, 2.24) is 5.32 Å². The zero-order valence-electron chi connectivity index (χ0n) is 14.0. The zero-order chi connectivity index (χ0) is 15.9. The number of Topliss-reactive ketones (excluding diaryl/α,β-unsaturated/α-hetero) is 1. The molecule has 116 valence electrons. The lowest BCUT2D eigenvalue weighted by Gasteiger charge is -2.47. The average molecular weight is 299 g/mol. The Balaban J connectivity index is 2.82. The summed E-state index contributed by atoms with van der Waals surface area (Å²) < 4.78 is 6.34. The van der Waals surface area contributed by atoms with E-state index in [-0.39, 0.29) is 34.8 Å². The van der Waals surface area contributed by atoms with Gasteiger partial charge in [0.25, 0.3) is 0 Å². The van der Waals surface area contributed by atoms with Crippen LogP contribution in [0.1, 0.15) is 41.5 Å². The second-order valence-corrected chi connectivity index (χ2v) is 11.9. The molecule has 5 heteroatoms. The Morgan fingerprint density at radius 2 is 1.80 bits per heavy atom. The normalized spacial score (nSPS) is 25.1. The maximum Gasteiger partial charge on any atom is 0.228 e. The number of ketones is 1. The van der Waals surface area contributed by atoms with E-state index in [1.54, 1.807) is 0 Å². The molecule has 20 heavy (non-hydrogen) atoms. The molecule has 1 aliphatic rings. The standard InChI is InChI=1S/C15H29NO3Si/c1-9(2)15(5,6)20(7,8)19-11(4)12-13(10(3)17)16-14(12)18/h9,11-13H,1-8H3,(H,16,18)/t11-,12-,13-/m1/s1. The number of amides is 1. The minimum atomic E-state index is -1.99. The molecule has 0 unspecified atom stereocenters. The number of carbonyl (C=O) groups excluding carboxylic acids is 2. The fourth-order valence-electron chi connectivity index (χ4n) is 2.62. The molecule has 3 atom stereocenters. The molecule has 0 aromatic carbocycles. The monoisotopic (exact) mass is 299 g/mol. The highest BCUT2D eigenvalue weighted by atomic mass is 28.4. The molecule has 0 aromatic rings. The Hall–Kier alpha value is -0.683. The van der Waals surface area contributed by atoms with E-state index in [2.05, 4.69) is 46.1 Å². The molecular weight excluding hydrogens is 270 g/mol. The molecule has 0 radical (unpaired) electrons. The highest BCUT2D eigenvalue weighted by molar-refractivity contribution is 6.74. The van der Waals surface area contributed by atoms with Crippen molar-refractivity contribution in [3.05, 3.63) is 0 Å². The number of hydrogen-bond acceptors (Lipinski definition) is 3. The fourth-order valence-corrected chi connectivity index (χ4v) is 5.39. The van der Waals surface area contributed by atoms with Gasteiger partial charge in [-0.2, -0.15) is 0 Å². The first-order valence-corrected chi connectivity index (χ1v) is 10.3. The third kappa shape index (κ3) is 2.98. The average Bonchev–Trinajstić information content (AvgIpc) is 2.23. The molecule has 1 fully saturated rings. The van der Waals surface area contributed by atoms with Gasteiger partial charge in [-0.3, -0.25) is 9.59 Å². The van der Waals surface area contributed by atoms with Gasteiger partial charge < -0.3 is 9.74 Å². The van der Waals surface area contributed by atoms with Gasteiger partial charge in [0.15, 0.2) is 14.1 Å². The lowest BCUT2D eigenvalue weighted by atomic mass is 9.84. The van der Waals surface area contributed by atoms with E-state index >= 15 is 0 Å². The summed E-state index contributed by atoms with van der Waals surface area (Å²) in [4.78, 5) is 23.2. The van der Waals surface area contributed by atoms with E-state index in [0.717, 1.165) is 0 Å². The van der Waals surface area contributed by atoms with Crippen molar-refractivity contribution in [2.45, 2.75) is 71.8 Å². The molecule has 0 aromatic heterocycles. The summed E-state index contributed by atoms with van der Waals surface area (Å²) in [6.45, 7) is 16.7. The van der Waals surface area contributed by atoms with E-state index < -0.39 is 8.32 Å². The maximum absolute atomic E-state index is 11.7. The summed E-state index contributed by atoms with van der Waals surface area (Å²) in [5.41, 5.74) is 0. The zero-order valence-corrected chi connectivity index (χ0v) is 15.0. The third-order valence-corrected chi connectivity index (χ3v) is 10.0. The predicted octanol–water partition coefficient (Wildman–Crippen LogP) is 2.74. The van der Waals surface area contributed by atoms with Crippen molar-refractivity contribution in [3.8, 4) is 0 Å². The number of nitrogens with one attached hydrogen (secondary N) is 1. The van der Waals surface area contributed by atoms with Crippen LogP contribution in [0, 0.1) is 11.8 Å². The van der Waals surface area contributed by atoms with Crippen molar-refractivity contribution in [2.75, 3.05) is 0 Å². The van der Waals surface area contributed by atoms with E-state index in [0.29, 0.717) is 5.92 Å². The van der Waals surface area contributed by atoms with E-state index in [1.165, 1.54) is 6.92 Å². The van der Waals surface area contributed by atoms with Gasteiger partial charge in [-0.15, -0.1) is 0 Å². The van der Waals surface area contributed by atoms with Crippen LogP contribution in [0.3, 0.4) is 0 Å². The van der Waals surface area contributed by atoms with Crippen LogP contribution in [-0.2, 0) is 14.0 Å². The molecule has 0 spiro atoms. The largest absolute Gasteiger partial charge is 0.413 e. The van der Waals surface area contributed by atoms with Gasteiger partial charge in [0.2, 0.25) is 5.91 Å². The molecule has 1 N–H and O–H groups in total. The number of rotatable bonds is 6. The van der Waals surface area contributed by atoms with Crippen LogP contribution >= 0.6 is 0 Å². The van der Waals surface area contributed by atoms with Crippen LogP contribution in [0.4, 0.5) is 0 Å². The van der Waals surface area contributed by atoms with Crippen molar-refractivity contribution < 1.29 is 14.0 Å². The molecule has 1 rings (SSSR count). The number of β-lactam (4-membered cyclic amide) rings is 1. The summed E-state index contributed by atoms with van der Waals surface area (Å²) >= 11 is 0. The van der Waals surface area contributed by atoms with Crippen molar-refractivity contribution in [1.29, 1.82) is 0 Å². The van der Waals surface area contributed by atoms with Gasteiger partial charge in [0, 0.05) is 0 Å². The Morgan fingerprint density at radius 3 is 2.15 bits per heavy atom. The molecule has 1 amide bonds. The first-order valence-electron chi connectivity index (χ1n) is 7.40. The first-order chi connectivity index (χ1) is 8.91. The topological polar surface area (TPSA) is 55.4 Å². The van der Waals surface area contributed by atoms with Gasteiger partial charge in [-0.25, -0.2) is 0 Å². The van der Waals surface area contributed by atoms with E-state index in [4.69, 9.17) is 4.43 Å². The van der Waals surface area contributed by atoms with Gasteiger partial charge in [-0.1, -0.05) is 27.7 Å². The highest BCUT2D eigenvalue weighted by Crippen LogP contribution is 2.45.